The monoisotopic (exact) mass is 744 g/mol. The lowest BCUT2D eigenvalue weighted by atomic mass is 9.87. The molecule has 0 amide bonds. The zero-order valence-corrected chi connectivity index (χ0v) is 34.3. The van der Waals surface area contributed by atoms with Crippen molar-refractivity contribution in [2.24, 2.45) is 16.7 Å². The Morgan fingerprint density at radius 2 is 0.939 bits per heavy atom. The summed E-state index contributed by atoms with van der Waals surface area (Å²) in [6.07, 6.45) is 12.2. The Morgan fingerprint density at radius 3 is 1.18 bits per heavy atom. The fourth-order valence-electron chi connectivity index (χ4n) is 4.02. The van der Waals surface area contributed by atoms with Crippen LogP contribution in [-0.4, -0.2) is 89.1 Å². The Balaban J connectivity index is -0.000000712. The second kappa shape index (κ2) is 36.7. The topological polar surface area (TPSA) is 107 Å². The number of halogens is 2. The average Bonchev–Trinajstić information content (AvgIpc) is 3.65. The maximum Gasteiger partial charge on any atom is 0.311 e. The Hall–Kier alpha value is -1.13. The molecule has 11 heteroatoms. The van der Waals surface area contributed by atoms with Crippen LogP contribution < -0.4 is 0 Å². The molecule has 0 radical (unpaired) electrons. The minimum Gasteiger partial charge on any atom is -0.466 e. The molecule has 0 unspecified atom stereocenters. The molecule has 49 heavy (non-hydrogen) atoms. The molecule has 0 N–H and O–H groups in total. The van der Waals surface area contributed by atoms with Crippen LogP contribution in [0.2, 0.25) is 0 Å². The number of esters is 3. The van der Waals surface area contributed by atoms with Crippen LogP contribution in [0.5, 0.6) is 0 Å². The van der Waals surface area contributed by atoms with Gasteiger partial charge in [0.15, 0.2) is 0 Å². The first kappa shape index (κ1) is 52.2. The van der Waals surface area contributed by atoms with Crippen molar-refractivity contribution in [1.29, 1.82) is 0 Å². The first-order valence-corrected chi connectivity index (χ1v) is 19.7. The Morgan fingerprint density at radius 1 is 0.592 bits per heavy atom. The van der Waals surface area contributed by atoms with E-state index in [2.05, 4.69) is 4.74 Å². The zero-order chi connectivity index (χ0) is 37.8. The number of hydrogen-bond acceptors (Lipinski definition) is 9. The summed E-state index contributed by atoms with van der Waals surface area (Å²) >= 11 is 11.0. The van der Waals surface area contributed by atoms with E-state index in [1.807, 2.05) is 55.4 Å². The molecular weight excluding hydrogens is 671 g/mol. The molecule has 1 aliphatic heterocycles. The predicted molar refractivity (Wildman–Crippen MR) is 202 cm³/mol. The summed E-state index contributed by atoms with van der Waals surface area (Å²) < 4.78 is 30.7. The molecule has 0 bridgehead atoms. The van der Waals surface area contributed by atoms with E-state index in [9.17, 15) is 14.4 Å². The van der Waals surface area contributed by atoms with E-state index in [-0.39, 0.29) is 23.8 Å². The zero-order valence-electron chi connectivity index (χ0n) is 32.8. The van der Waals surface area contributed by atoms with E-state index < -0.39 is 10.8 Å². The highest BCUT2D eigenvalue weighted by atomic mass is 35.5. The van der Waals surface area contributed by atoms with Crippen LogP contribution >= 0.6 is 23.2 Å². The summed E-state index contributed by atoms with van der Waals surface area (Å²) in [4.78, 5) is 34.1. The van der Waals surface area contributed by atoms with E-state index in [0.717, 1.165) is 102 Å². The number of carbonyl (C=O) groups excluding carboxylic acids is 3. The largest absolute Gasteiger partial charge is 0.466 e. The molecule has 9 nitrogen and oxygen atoms in total. The molecule has 0 aromatic heterocycles. The smallest absolute Gasteiger partial charge is 0.311 e. The van der Waals surface area contributed by atoms with Gasteiger partial charge in [-0.25, -0.2) is 0 Å². The molecule has 294 valence electrons. The number of carbonyl (C=O) groups is 3. The fourth-order valence-corrected chi connectivity index (χ4v) is 4.40. The third kappa shape index (κ3) is 36.5. The Labute approximate surface area is 310 Å². The highest BCUT2D eigenvalue weighted by Gasteiger charge is 2.29. The first-order valence-electron chi connectivity index (χ1n) is 18.6. The minimum absolute atomic E-state index is 0.00921. The van der Waals surface area contributed by atoms with E-state index >= 15 is 0 Å². The highest BCUT2D eigenvalue weighted by molar-refractivity contribution is 6.18. The molecular formula is C38H74Cl2O9. The Bertz CT molecular complexity index is 706. The molecule has 1 rings (SSSR count). The van der Waals surface area contributed by atoms with Crippen LogP contribution in [0.25, 0.3) is 0 Å². The van der Waals surface area contributed by atoms with Crippen molar-refractivity contribution in [3.05, 3.63) is 0 Å². The summed E-state index contributed by atoms with van der Waals surface area (Å²) in [5, 5.41) is 0. The van der Waals surface area contributed by atoms with Gasteiger partial charge in [-0.3, -0.25) is 14.4 Å². The van der Waals surface area contributed by atoms with Crippen molar-refractivity contribution in [2.45, 2.75) is 139 Å². The van der Waals surface area contributed by atoms with Crippen molar-refractivity contribution in [2.75, 3.05) is 71.2 Å². The van der Waals surface area contributed by atoms with Crippen LogP contribution in [0.4, 0.5) is 0 Å². The lowest BCUT2D eigenvalue weighted by molar-refractivity contribution is -0.154. The van der Waals surface area contributed by atoms with Crippen LogP contribution in [0.3, 0.4) is 0 Å². The van der Waals surface area contributed by atoms with Gasteiger partial charge in [0.05, 0.1) is 36.6 Å². The summed E-state index contributed by atoms with van der Waals surface area (Å²) in [6.45, 7) is 23.3. The fraction of sp³-hybridized carbons (Fsp3) is 0.921. The second-order valence-electron chi connectivity index (χ2n) is 13.4. The van der Waals surface area contributed by atoms with Gasteiger partial charge >= 0.3 is 17.9 Å². The molecule has 1 saturated heterocycles. The number of ether oxygens (including phenoxy) is 6. The quantitative estimate of drug-likeness (QED) is 0.0413. The molecule has 0 aromatic rings. The minimum atomic E-state index is -0.422. The third-order valence-electron chi connectivity index (χ3n) is 7.27. The van der Waals surface area contributed by atoms with E-state index in [0.29, 0.717) is 33.0 Å². The first-order chi connectivity index (χ1) is 23.3. The predicted octanol–water partition coefficient (Wildman–Crippen LogP) is 9.57. The Kier molecular flexibility index (Phi) is 39.1. The van der Waals surface area contributed by atoms with Crippen molar-refractivity contribution in [3.8, 4) is 0 Å². The summed E-state index contributed by atoms with van der Waals surface area (Å²) in [6, 6.07) is 0. The average molecular weight is 746 g/mol. The maximum atomic E-state index is 11.8. The van der Waals surface area contributed by atoms with Gasteiger partial charge < -0.3 is 28.4 Å². The van der Waals surface area contributed by atoms with Gasteiger partial charge in [-0.2, -0.15) is 0 Å². The molecule has 0 saturated carbocycles. The summed E-state index contributed by atoms with van der Waals surface area (Å²) in [5.41, 5.74) is -0.844. The number of hydrogen-bond donors (Lipinski definition) is 0. The van der Waals surface area contributed by atoms with E-state index in [1.54, 1.807) is 6.92 Å². The van der Waals surface area contributed by atoms with Crippen LogP contribution in [0.1, 0.15) is 139 Å². The summed E-state index contributed by atoms with van der Waals surface area (Å²) in [7, 11) is 0. The second-order valence-corrected chi connectivity index (χ2v) is 14.1. The van der Waals surface area contributed by atoms with Gasteiger partial charge in [0.1, 0.15) is 0 Å². The molecule has 0 aliphatic carbocycles. The van der Waals surface area contributed by atoms with Gasteiger partial charge in [-0.1, -0.05) is 26.7 Å². The van der Waals surface area contributed by atoms with Gasteiger partial charge in [-0.15, -0.1) is 23.2 Å². The van der Waals surface area contributed by atoms with Crippen LogP contribution in [0.15, 0.2) is 0 Å². The van der Waals surface area contributed by atoms with Gasteiger partial charge in [0.25, 0.3) is 0 Å². The number of rotatable bonds is 24. The lowest BCUT2D eigenvalue weighted by Gasteiger charge is -2.22. The molecule has 1 heterocycles. The standard InChI is InChI=1S/C20H38O5.C8H16Cl2O.C6H12O2.C4H8O/c1-7-24-17(21)19(3,4)13-9-11-15-23-16-12-10-14-20(5,6)18(22)25-8-2;9-5-1-3-7-11-8-4-2-6-10;1-4-8-6(7)5(2)3;1-2-4-5-3-1/h7-16H2,1-6H3;1-8H2;5H,4H2,1-3H3;1-4H2. The van der Waals surface area contributed by atoms with Crippen molar-refractivity contribution >= 4 is 41.1 Å². The SMILES string of the molecule is C1CCOC1.CCOC(=O)C(C)(C)CCCCOCCCCC(C)(C)C(=O)OCC.CCOC(=O)C(C)C.ClCCCCOCCCCCl. The van der Waals surface area contributed by atoms with E-state index in [1.165, 1.54) is 12.8 Å². The normalized spacial score (nSPS) is 12.5. The maximum absolute atomic E-state index is 11.8. The van der Waals surface area contributed by atoms with Crippen molar-refractivity contribution < 1.29 is 42.8 Å². The van der Waals surface area contributed by atoms with Crippen molar-refractivity contribution in [3.63, 3.8) is 0 Å². The van der Waals surface area contributed by atoms with Gasteiger partial charge in [0.2, 0.25) is 0 Å². The van der Waals surface area contributed by atoms with Gasteiger partial charge in [-0.05, 0) is 113 Å². The molecule has 0 spiro atoms. The third-order valence-corrected chi connectivity index (χ3v) is 7.80. The van der Waals surface area contributed by atoms with E-state index in [4.69, 9.17) is 46.9 Å². The number of alkyl halides is 2. The molecule has 1 fully saturated rings. The summed E-state index contributed by atoms with van der Waals surface area (Å²) in [5.74, 6) is 1.12. The highest BCUT2D eigenvalue weighted by Crippen LogP contribution is 2.26. The van der Waals surface area contributed by atoms with Crippen LogP contribution in [0, 0.1) is 16.7 Å². The van der Waals surface area contributed by atoms with Gasteiger partial charge in [0, 0.05) is 51.4 Å². The molecule has 1 aliphatic rings. The van der Waals surface area contributed by atoms with Crippen LogP contribution in [-0.2, 0) is 42.8 Å². The lowest BCUT2D eigenvalue weighted by Crippen LogP contribution is -2.26. The molecule has 0 aromatic carbocycles. The number of unbranched alkanes of at least 4 members (excludes halogenated alkanes) is 4. The van der Waals surface area contributed by atoms with Crippen molar-refractivity contribution in [1.82, 2.24) is 0 Å². The molecule has 0 atom stereocenters.